The van der Waals surface area contributed by atoms with E-state index >= 15 is 0 Å². The molecule has 8 nitrogen and oxygen atoms in total. The molecular formula is C24H26N2O6S. The van der Waals surface area contributed by atoms with Gasteiger partial charge in [0.1, 0.15) is 10.5 Å². The van der Waals surface area contributed by atoms with Crippen LogP contribution in [0.15, 0.2) is 29.0 Å². The van der Waals surface area contributed by atoms with Gasteiger partial charge >= 0.3 is 11.9 Å². The number of oxazole rings is 1. The lowest BCUT2D eigenvalue weighted by Gasteiger charge is -2.16. The largest absolute Gasteiger partial charge is 0.465 e. The van der Waals surface area contributed by atoms with Crippen molar-refractivity contribution in [1.82, 2.24) is 4.98 Å². The van der Waals surface area contributed by atoms with Gasteiger partial charge in [0, 0.05) is 4.88 Å². The third-order valence-electron chi connectivity index (χ3n) is 5.78. The van der Waals surface area contributed by atoms with Crippen molar-refractivity contribution < 1.29 is 28.3 Å². The Morgan fingerprint density at radius 3 is 2.70 bits per heavy atom. The smallest absolute Gasteiger partial charge is 0.341 e. The molecule has 0 aliphatic heterocycles. The van der Waals surface area contributed by atoms with E-state index in [1.807, 2.05) is 0 Å². The summed E-state index contributed by atoms with van der Waals surface area (Å²) in [6, 6.07) is 4.75. The molecule has 9 heteroatoms. The van der Waals surface area contributed by atoms with Gasteiger partial charge in [-0.15, -0.1) is 11.3 Å². The van der Waals surface area contributed by atoms with E-state index in [0.717, 1.165) is 49.0 Å². The van der Waals surface area contributed by atoms with Crippen molar-refractivity contribution >= 4 is 45.3 Å². The third kappa shape index (κ3) is 4.93. The summed E-state index contributed by atoms with van der Waals surface area (Å²) < 4.78 is 15.7. The number of esters is 2. The van der Waals surface area contributed by atoms with E-state index in [2.05, 4.69) is 10.3 Å². The molecule has 0 bridgehead atoms. The van der Waals surface area contributed by atoms with Crippen LogP contribution in [-0.2, 0) is 27.1 Å². The van der Waals surface area contributed by atoms with E-state index in [-0.39, 0.29) is 12.0 Å². The third-order valence-corrected chi connectivity index (χ3v) is 6.98. The summed E-state index contributed by atoms with van der Waals surface area (Å²) in [6.45, 7) is 1.76. The number of aromatic nitrogens is 1. The number of fused-ring (bicyclic) bond motifs is 2. The summed E-state index contributed by atoms with van der Waals surface area (Å²) in [7, 11) is 1.34. The average molecular weight is 471 g/mol. The van der Waals surface area contributed by atoms with Crippen LogP contribution in [0.25, 0.3) is 11.1 Å². The number of carbonyl (C=O) groups is 3. The Kier molecular flexibility index (Phi) is 7.08. The lowest BCUT2D eigenvalue weighted by atomic mass is 9.96. The Morgan fingerprint density at radius 2 is 1.94 bits per heavy atom. The van der Waals surface area contributed by atoms with Gasteiger partial charge in [-0.25, -0.2) is 14.6 Å². The normalized spacial score (nSPS) is 14.6. The molecule has 4 rings (SSSR count). The Morgan fingerprint density at radius 1 is 1.15 bits per heavy atom. The molecule has 0 saturated heterocycles. The molecule has 174 valence electrons. The van der Waals surface area contributed by atoms with Crippen LogP contribution in [0.1, 0.15) is 70.2 Å². The molecule has 1 N–H and O–H groups in total. The second-order valence-corrected chi connectivity index (χ2v) is 9.05. The highest BCUT2D eigenvalue weighted by molar-refractivity contribution is 7.17. The van der Waals surface area contributed by atoms with Crippen LogP contribution in [0.5, 0.6) is 0 Å². The van der Waals surface area contributed by atoms with Gasteiger partial charge in [-0.1, -0.05) is 19.8 Å². The highest BCUT2D eigenvalue weighted by atomic mass is 32.1. The maximum absolute atomic E-state index is 13.0. The quantitative estimate of drug-likeness (QED) is 0.510. The molecule has 2 aromatic heterocycles. The molecule has 0 spiro atoms. The predicted octanol–water partition coefficient (Wildman–Crippen LogP) is 4.91. The number of nitrogens with zero attached hydrogens (tertiary/aromatic N) is 1. The predicted molar refractivity (Wildman–Crippen MR) is 124 cm³/mol. The number of aryl methyl sites for hydroxylation is 1. The number of thiophene rings is 1. The van der Waals surface area contributed by atoms with Gasteiger partial charge in [-0.3, -0.25) is 4.79 Å². The first-order valence-corrected chi connectivity index (χ1v) is 11.9. The lowest BCUT2D eigenvalue weighted by Crippen LogP contribution is -2.32. The highest BCUT2D eigenvalue weighted by Crippen LogP contribution is 2.37. The van der Waals surface area contributed by atoms with Crippen molar-refractivity contribution in [3.63, 3.8) is 0 Å². The van der Waals surface area contributed by atoms with E-state index in [0.29, 0.717) is 21.7 Å². The molecule has 1 amide bonds. The van der Waals surface area contributed by atoms with Crippen LogP contribution < -0.4 is 5.32 Å². The van der Waals surface area contributed by atoms with Gasteiger partial charge in [-0.2, -0.15) is 0 Å². The standard InChI is InChI=1S/C24H26N2O6S/c1-3-17(32-23(28)14-10-11-18-16(12-14)25-13-31-18)21(27)26-22-20(24(29)30-2)15-8-6-4-5-7-9-19(15)33-22/h10-13,17H,3-9H2,1-2H3,(H,26,27). The van der Waals surface area contributed by atoms with Gasteiger partial charge in [0.15, 0.2) is 18.1 Å². The van der Waals surface area contributed by atoms with Crippen LogP contribution in [-0.4, -0.2) is 36.0 Å². The van der Waals surface area contributed by atoms with E-state index in [1.54, 1.807) is 25.1 Å². The summed E-state index contributed by atoms with van der Waals surface area (Å²) in [4.78, 5) is 43.4. The SMILES string of the molecule is CCC(OC(=O)c1ccc2ocnc2c1)C(=O)Nc1sc2c(c1C(=O)OC)CCCCCC2. The second-order valence-electron chi connectivity index (χ2n) is 7.94. The fourth-order valence-corrected chi connectivity index (χ4v) is 5.30. The Balaban J connectivity index is 1.53. The van der Waals surface area contributed by atoms with Crippen LogP contribution >= 0.6 is 11.3 Å². The molecule has 1 atom stereocenters. The molecule has 0 fully saturated rings. The van der Waals surface area contributed by atoms with Crippen molar-refractivity contribution in [1.29, 1.82) is 0 Å². The number of hydrogen-bond donors (Lipinski definition) is 1. The molecular weight excluding hydrogens is 444 g/mol. The van der Waals surface area contributed by atoms with Crippen LogP contribution in [0, 0.1) is 0 Å². The van der Waals surface area contributed by atoms with Crippen LogP contribution in [0.2, 0.25) is 0 Å². The van der Waals surface area contributed by atoms with Gasteiger partial charge in [0.05, 0.1) is 18.2 Å². The first-order chi connectivity index (χ1) is 16.0. The maximum atomic E-state index is 13.0. The van der Waals surface area contributed by atoms with E-state index in [9.17, 15) is 14.4 Å². The number of ether oxygens (including phenoxy) is 2. The maximum Gasteiger partial charge on any atom is 0.341 e. The number of amides is 1. The fraction of sp³-hybridized carbons (Fsp3) is 0.417. The van der Waals surface area contributed by atoms with Crippen molar-refractivity contribution in [2.75, 3.05) is 12.4 Å². The first kappa shape index (κ1) is 23.0. The molecule has 33 heavy (non-hydrogen) atoms. The molecule has 1 aliphatic rings. The number of carbonyl (C=O) groups excluding carboxylic acids is 3. The number of methoxy groups -OCH3 is 1. The first-order valence-electron chi connectivity index (χ1n) is 11.1. The van der Waals surface area contributed by atoms with E-state index in [4.69, 9.17) is 13.9 Å². The molecule has 1 unspecified atom stereocenters. The number of rotatable bonds is 6. The van der Waals surface area contributed by atoms with Crippen molar-refractivity contribution in [3.05, 3.63) is 46.2 Å². The number of benzene rings is 1. The van der Waals surface area contributed by atoms with Crippen molar-refractivity contribution in [3.8, 4) is 0 Å². The summed E-state index contributed by atoms with van der Waals surface area (Å²) >= 11 is 1.41. The summed E-state index contributed by atoms with van der Waals surface area (Å²) in [5.74, 6) is -1.57. The van der Waals surface area contributed by atoms with E-state index in [1.165, 1.54) is 24.8 Å². The van der Waals surface area contributed by atoms with Gasteiger partial charge in [0.25, 0.3) is 5.91 Å². The number of nitrogens with one attached hydrogen (secondary N) is 1. The van der Waals surface area contributed by atoms with Crippen LogP contribution in [0.4, 0.5) is 5.00 Å². The fourth-order valence-electron chi connectivity index (χ4n) is 4.02. The summed E-state index contributed by atoms with van der Waals surface area (Å²) in [6.07, 6.45) is 6.53. The Hall–Kier alpha value is -3.20. The highest BCUT2D eigenvalue weighted by Gasteiger charge is 2.29. The Labute approximate surface area is 195 Å². The topological polar surface area (TPSA) is 108 Å². The summed E-state index contributed by atoms with van der Waals surface area (Å²) in [5, 5.41) is 3.29. The second kappa shape index (κ2) is 10.2. The molecule has 0 saturated carbocycles. The zero-order chi connectivity index (χ0) is 23.4. The lowest BCUT2D eigenvalue weighted by molar-refractivity contribution is -0.124. The monoisotopic (exact) mass is 470 g/mol. The van der Waals surface area contributed by atoms with Crippen molar-refractivity contribution in [2.45, 2.75) is 58.0 Å². The molecule has 0 radical (unpaired) electrons. The average Bonchev–Trinajstić information content (AvgIpc) is 3.40. The minimum atomic E-state index is -1.01. The zero-order valence-electron chi connectivity index (χ0n) is 18.6. The molecule has 2 heterocycles. The summed E-state index contributed by atoms with van der Waals surface area (Å²) in [5.41, 5.74) is 2.75. The molecule has 1 aromatic carbocycles. The van der Waals surface area contributed by atoms with Gasteiger partial charge in [0.2, 0.25) is 0 Å². The molecule has 3 aromatic rings. The molecule has 1 aliphatic carbocycles. The van der Waals surface area contributed by atoms with Gasteiger partial charge in [-0.05, 0) is 55.9 Å². The number of anilines is 1. The Bertz CT molecular complexity index is 1180. The minimum Gasteiger partial charge on any atom is -0.465 e. The van der Waals surface area contributed by atoms with Crippen LogP contribution in [0.3, 0.4) is 0 Å². The van der Waals surface area contributed by atoms with Gasteiger partial charge < -0.3 is 19.2 Å². The van der Waals surface area contributed by atoms with E-state index < -0.39 is 23.9 Å². The minimum absolute atomic E-state index is 0.275. The zero-order valence-corrected chi connectivity index (χ0v) is 19.5. The van der Waals surface area contributed by atoms with Crippen molar-refractivity contribution in [2.24, 2.45) is 0 Å². The number of hydrogen-bond acceptors (Lipinski definition) is 8.